The summed E-state index contributed by atoms with van der Waals surface area (Å²) < 4.78 is 0. The van der Waals surface area contributed by atoms with E-state index in [9.17, 15) is 14.4 Å². The predicted molar refractivity (Wildman–Crippen MR) is 155 cm³/mol. The minimum absolute atomic E-state index is 0.108. The number of Topliss-reactive ketones (excluding diaryl/α,β-unsaturated/α-hetero) is 2. The quantitative estimate of drug-likeness (QED) is 0.412. The molecule has 4 aliphatic carbocycles. The first-order chi connectivity index (χ1) is 18.7. The zero-order valence-electron chi connectivity index (χ0n) is 23.7. The van der Waals surface area contributed by atoms with Crippen molar-refractivity contribution in [3.63, 3.8) is 0 Å². The van der Waals surface area contributed by atoms with Gasteiger partial charge in [0, 0.05) is 36.5 Å². The molecule has 1 aromatic carbocycles. The normalized spacial score (nSPS) is 37.4. The van der Waals surface area contributed by atoms with Crippen LogP contribution in [0.1, 0.15) is 95.0 Å². The van der Waals surface area contributed by atoms with Gasteiger partial charge in [0.1, 0.15) is 11.6 Å². The molecule has 1 amide bonds. The second-order valence-electron chi connectivity index (χ2n) is 13.7. The van der Waals surface area contributed by atoms with Crippen LogP contribution in [0.15, 0.2) is 47.8 Å². The summed E-state index contributed by atoms with van der Waals surface area (Å²) >= 11 is 1.68. The van der Waals surface area contributed by atoms with Gasteiger partial charge >= 0.3 is 0 Å². The number of fused-ring (bicyclic) bond motifs is 5. The van der Waals surface area contributed by atoms with Gasteiger partial charge in [-0.25, -0.2) is 0 Å². The van der Waals surface area contributed by atoms with E-state index < -0.39 is 0 Å². The van der Waals surface area contributed by atoms with Gasteiger partial charge < -0.3 is 5.32 Å². The summed E-state index contributed by atoms with van der Waals surface area (Å²) in [6.45, 7) is 7.09. The Morgan fingerprint density at radius 1 is 0.974 bits per heavy atom. The van der Waals surface area contributed by atoms with E-state index in [-0.39, 0.29) is 40.5 Å². The van der Waals surface area contributed by atoms with Crippen LogP contribution in [-0.2, 0) is 14.4 Å². The average molecular weight is 546 g/mol. The minimum atomic E-state index is -0.121. The van der Waals surface area contributed by atoms with Crippen LogP contribution in [0.2, 0.25) is 0 Å². The molecule has 1 aromatic heterocycles. The molecule has 4 saturated carbocycles. The van der Waals surface area contributed by atoms with Crippen LogP contribution in [0.3, 0.4) is 0 Å². The van der Waals surface area contributed by atoms with Crippen molar-refractivity contribution in [3.8, 4) is 0 Å². The van der Waals surface area contributed by atoms with E-state index in [4.69, 9.17) is 0 Å². The summed E-state index contributed by atoms with van der Waals surface area (Å²) in [6.07, 6.45) is 7.82. The van der Waals surface area contributed by atoms with Gasteiger partial charge in [-0.15, -0.1) is 11.3 Å². The number of benzene rings is 1. The van der Waals surface area contributed by atoms with Gasteiger partial charge in [0.15, 0.2) is 0 Å². The monoisotopic (exact) mass is 545 g/mol. The fraction of sp³-hybridized carbons (Fsp3) is 0.618. The zero-order valence-corrected chi connectivity index (χ0v) is 24.5. The topological polar surface area (TPSA) is 63.2 Å². The van der Waals surface area contributed by atoms with Gasteiger partial charge in [-0.1, -0.05) is 57.2 Å². The molecule has 208 valence electrons. The number of hydrogen-bond acceptors (Lipinski definition) is 4. The Morgan fingerprint density at radius 3 is 2.49 bits per heavy atom. The van der Waals surface area contributed by atoms with E-state index in [0.29, 0.717) is 55.0 Å². The summed E-state index contributed by atoms with van der Waals surface area (Å²) in [5.41, 5.74) is 1.35. The highest BCUT2D eigenvalue weighted by Crippen LogP contribution is 2.67. The maximum atomic E-state index is 13.7. The molecular formula is C34H43NO3S. The maximum Gasteiger partial charge on any atom is 0.221 e. The summed E-state index contributed by atoms with van der Waals surface area (Å²) in [6, 6.07) is 14.3. The lowest BCUT2D eigenvalue weighted by atomic mass is 9.44. The number of hydrogen-bond donors (Lipinski definition) is 1. The first-order valence-corrected chi connectivity index (χ1v) is 16.0. The zero-order chi connectivity index (χ0) is 27.4. The van der Waals surface area contributed by atoms with E-state index in [0.717, 1.165) is 42.5 Å². The highest BCUT2D eigenvalue weighted by molar-refractivity contribution is 7.10. The number of nitrogens with one attached hydrogen (secondary N) is 1. The smallest absolute Gasteiger partial charge is 0.221 e. The fourth-order valence-corrected chi connectivity index (χ4v) is 10.6. The SMILES string of the molecule is C[C@H](CC(=O)NC(c1ccccc1)c1cccs1)C1CC[C@H]2[C@@H]3C(=O)C[C@@H]4CC(=O)CC[C@]4(C)[C@H]3CC[C@]12C. The molecule has 6 rings (SSSR count). The van der Waals surface area contributed by atoms with Crippen molar-refractivity contribution >= 4 is 28.8 Å². The van der Waals surface area contributed by atoms with Crippen molar-refractivity contribution in [1.29, 1.82) is 0 Å². The second kappa shape index (κ2) is 10.3. The number of thiophene rings is 1. The molecular weight excluding hydrogens is 502 g/mol. The molecule has 5 heteroatoms. The largest absolute Gasteiger partial charge is 0.344 e. The Labute approximate surface area is 237 Å². The highest BCUT2D eigenvalue weighted by Gasteiger charge is 2.63. The summed E-state index contributed by atoms with van der Waals surface area (Å²) in [5, 5.41) is 5.42. The van der Waals surface area contributed by atoms with Crippen molar-refractivity contribution in [3.05, 3.63) is 58.3 Å². The van der Waals surface area contributed by atoms with Crippen LogP contribution < -0.4 is 5.32 Å². The van der Waals surface area contributed by atoms with E-state index >= 15 is 0 Å². The molecule has 2 aromatic rings. The molecule has 4 nitrogen and oxygen atoms in total. The van der Waals surface area contributed by atoms with E-state index in [1.165, 1.54) is 0 Å². The third-order valence-electron chi connectivity index (χ3n) is 11.8. The molecule has 1 heterocycles. The summed E-state index contributed by atoms with van der Waals surface area (Å²) in [4.78, 5) is 40.5. The maximum absolute atomic E-state index is 13.7. The van der Waals surface area contributed by atoms with E-state index in [2.05, 4.69) is 49.7 Å². The molecule has 2 unspecified atom stereocenters. The molecule has 9 atom stereocenters. The van der Waals surface area contributed by atoms with Gasteiger partial charge in [-0.05, 0) is 89.5 Å². The van der Waals surface area contributed by atoms with Crippen LogP contribution in [-0.4, -0.2) is 17.5 Å². The lowest BCUT2D eigenvalue weighted by Crippen LogP contribution is -2.57. The molecule has 4 fully saturated rings. The molecule has 4 aliphatic rings. The number of carbonyl (C=O) groups excluding carboxylic acids is 3. The molecule has 0 aliphatic heterocycles. The van der Waals surface area contributed by atoms with Crippen molar-refractivity contribution in [2.24, 2.45) is 46.3 Å². The average Bonchev–Trinajstić information content (AvgIpc) is 3.57. The van der Waals surface area contributed by atoms with Crippen molar-refractivity contribution in [1.82, 2.24) is 5.32 Å². The molecule has 0 spiro atoms. The first-order valence-electron chi connectivity index (χ1n) is 15.1. The van der Waals surface area contributed by atoms with E-state index in [1.54, 1.807) is 11.3 Å². The molecule has 1 N–H and O–H groups in total. The van der Waals surface area contributed by atoms with Gasteiger partial charge in [-0.3, -0.25) is 14.4 Å². The third kappa shape index (κ3) is 4.63. The van der Waals surface area contributed by atoms with Crippen molar-refractivity contribution in [2.45, 2.75) is 84.6 Å². The fourth-order valence-electron chi connectivity index (χ4n) is 9.77. The number of carbonyl (C=O) groups is 3. The Balaban J connectivity index is 1.16. The number of ketones is 2. The molecule has 39 heavy (non-hydrogen) atoms. The Morgan fingerprint density at radius 2 is 1.74 bits per heavy atom. The number of rotatable bonds is 6. The lowest BCUT2D eigenvalue weighted by molar-refractivity contribution is -0.159. The van der Waals surface area contributed by atoms with Crippen LogP contribution in [0.5, 0.6) is 0 Å². The van der Waals surface area contributed by atoms with Crippen molar-refractivity contribution < 1.29 is 14.4 Å². The van der Waals surface area contributed by atoms with Gasteiger partial charge in [-0.2, -0.15) is 0 Å². The third-order valence-corrected chi connectivity index (χ3v) is 12.8. The van der Waals surface area contributed by atoms with Gasteiger partial charge in [0.05, 0.1) is 6.04 Å². The Hall–Kier alpha value is -2.27. The van der Waals surface area contributed by atoms with Crippen LogP contribution in [0.25, 0.3) is 0 Å². The van der Waals surface area contributed by atoms with Crippen LogP contribution >= 0.6 is 11.3 Å². The standard InChI is InChI=1S/C34H43NO3S/c1-21(18-30(38)35-32(29-10-7-17-39-29)22-8-5-4-6-9-22)25-11-12-26-31-27(14-16-34(25,26)3)33(2)15-13-24(36)19-23(33)20-28(31)37/h4-10,17,21,23,25-27,31-32H,11-16,18-20H2,1-3H3,(H,35,38)/t21-,23+,25?,26+,27+,31+,32?,33+,34-/m1/s1. The number of amides is 1. The van der Waals surface area contributed by atoms with Crippen LogP contribution in [0, 0.1) is 46.3 Å². The Kier molecular flexibility index (Phi) is 7.10. The first kappa shape index (κ1) is 26.9. The lowest BCUT2D eigenvalue weighted by Gasteiger charge is -2.59. The highest BCUT2D eigenvalue weighted by atomic mass is 32.1. The minimum Gasteiger partial charge on any atom is -0.344 e. The molecule has 0 saturated heterocycles. The molecule has 0 bridgehead atoms. The predicted octanol–water partition coefficient (Wildman–Crippen LogP) is 7.39. The van der Waals surface area contributed by atoms with Crippen molar-refractivity contribution in [2.75, 3.05) is 0 Å². The van der Waals surface area contributed by atoms with Gasteiger partial charge in [0.2, 0.25) is 5.91 Å². The molecule has 0 radical (unpaired) electrons. The van der Waals surface area contributed by atoms with Gasteiger partial charge in [0.25, 0.3) is 0 Å². The summed E-state index contributed by atoms with van der Waals surface area (Å²) in [5.74, 6) is 2.85. The van der Waals surface area contributed by atoms with Crippen LogP contribution in [0.4, 0.5) is 0 Å². The summed E-state index contributed by atoms with van der Waals surface area (Å²) in [7, 11) is 0. The van der Waals surface area contributed by atoms with E-state index in [1.807, 2.05) is 24.3 Å². The second-order valence-corrected chi connectivity index (χ2v) is 14.7. The Bertz CT molecular complexity index is 1220.